The van der Waals surface area contributed by atoms with Crippen molar-refractivity contribution >= 4 is 10.9 Å². The van der Waals surface area contributed by atoms with Crippen LogP contribution in [-0.2, 0) is 12.7 Å². The minimum Gasteiger partial charge on any atom is -0.288 e. The lowest BCUT2D eigenvalue weighted by atomic mass is 10.1. The third-order valence-corrected chi connectivity index (χ3v) is 4.58. The smallest absolute Gasteiger partial charge is 0.288 e. The van der Waals surface area contributed by atoms with Crippen LogP contribution in [0.15, 0.2) is 77.6 Å². The molecule has 7 heteroatoms. The van der Waals surface area contributed by atoms with E-state index in [-0.39, 0.29) is 23.4 Å². The van der Waals surface area contributed by atoms with E-state index < -0.39 is 23.1 Å². The zero-order valence-electron chi connectivity index (χ0n) is 14.9. The van der Waals surface area contributed by atoms with Gasteiger partial charge >= 0.3 is 6.18 Å². The molecule has 146 valence electrons. The number of rotatable bonds is 3. The summed E-state index contributed by atoms with van der Waals surface area (Å²) in [5.74, 6) is -1.04. The summed E-state index contributed by atoms with van der Waals surface area (Å²) >= 11 is 0. The molecule has 4 aromatic rings. The van der Waals surface area contributed by atoms with Crippen molar-refractivity contribution in [3.63, 3.8) is 0 Å². The highest BCUT2D eigenvalue weighted by molar-refractivity contribution is 5.79. The minimum absolute atomic E-state index is 0.0442. The van der Waals surface area contributed by atoms with Crippen molar-refractivity contribution in [3.05, 3.63) is 100 Å². The first-order valence-electron chi connectivity index (χ1n) is 8.75. The standard InChI is InChI=1S/C22H14F4N2O/c23-18-11-10-15(22(24,25)26)12-17(18)20-27-19-9-5-4-8-16(19)21(29)28(20)13-14-6-2-1-3-7-14/h1-12H,13H2. The molecule has 3 nitrogen and oxygen atoms in total. The quantitative estimate of drug-likeness (QED) is 0.441. The fourth-order valence-corrected chi connectivity index (χ4v) is 3.16. The number of benzene rings is 3. The van der Waals surface area contributed by atoms with E-state index in [0.717, 1.165) is 11.6 Å². The fourth-order valence-electron chi connectivity index (χ4n) is 3.16. The topological polar surface area (TPSA) is 34.9 Å². The summed E-state index contributed by atoms with van der Waals surface area (Å²) in [6.07, 6.45) is -4.65. The molecule has 0 fully saturated rings. The van der Waals surface area contributed by atoms with E-state index in [4.69, 9.17) is 0 Å². The lowest BCUT2D eigenvalue weighted by Crippen LogP contribution is -2.24. The highest BCUT2D eigenvalue weighted by Crippen LogP contribution is 2.33. The highest BCUT2D eigenvalue weighted by Gasteiger charge is 2.32. The van der Waals surface area contributed by atoms with Crippen molar-refractivity contribution in [2.24, 2.45) is 0 Å². The zero-order chi connectivity index (χ0) is 20.6. The summed E-state index contributed by atoms with van der Waals surface area (Å²) < 4.78 is 55.3. The van der Waals surface area contributed by atoms with Crippen LogP contribution in [0.4, 0.5) is 17.6 Å². The summed E-state index contributed by atoms with van der Waals surface area (Å²) in [6, 6.07) is 17.5. The van der Waals surface area contributed by atoms with Crippen LogP contribution in [0.25, 0.3) is 22.3 Å². The zero-order valence-corrected chi connectivity index (χ0v) is 14.9. The van der Waals surface area contributed by atoms with Crippen LogP contribution in [0, 0.1) is 5.82 Å². The molecule has 0 radical (unpaired) electrons. The number of hydrogen-bond donors (Lipinski definition) is 0. The van der Waals surface area contributed by atoms with Crippen LogP contribution < -0.4 is 5.56 Å². The van der Waals surface area contributed by atoms with E-state index in [2.05, 4.69) is 4.98 Å². The summed E-state index contributed by atoms with van der Waals surface area (Å²) in [7, 11) is 0. The highest BCUT2D eigenvalue weighted by atomic mass is 19.4. The van der Waals surface area contributed by atoms with Crippen LogP contribution in [0.2, 0.25) is 0 Å². The minimum atomic E-state index is -4.65. The first-order valence-corrected chi connectivity index (χ1v) is 8.75. The Labute approximate surface area is 162 Å². The molecule has 0 atom stereocenters. The van der Waals surface area contributed by atoms with Gasteiger partial charge in [0.2, 0.25) is 0 Å². The molecule has 29 heavy (non-hydrogen) atoms. The molecule has 0 bridgehead atoms. The third kappa shape index (κ3) is 3.63. The molecule has 0 saturated carbocycles. The number of halogens is 4. The van der Waals surface area contributed by atoms with Crippen LogP contribution in [0.5, 0.6) is 0 Å². The summed E-state index contributed by atoms with van der Waals surface area (Å²) in [6.45, 7) is 0.0442. The maximum absolute atomic E-state index is 14.6. The number of hydrogen-bond acceptors (Lipinski definition) is 2. The molecule has 0 amide bonds. The van der Waals surface area contributed by atoms with Gasteiger partial charge < -0.3 is 0 Å². The van der Waals surface area contributed by atoms with Gasteiger partial charge in [-0.1, -0.05) is 42.5 Å². The average molecular weight is 398 g/mol. The van der Waals surface area contributed by atoms with Crippen molar-refractivity contribution in [1.82, 2.24) is 9.55 Å². The van der Waals surface area contributed by atoms with Gasteiger partial charge in [0.05, 0.1) is 28.6 Å². The molecule has 3 aromatic carbocycles. The number of alkyl halides is 3. The van der Waals surface area contributed by atoms with Crippen molar-refractivity contribution in [3.8, 4) is 11.4 Å². The maximum atomic E-state index is 14.6. The molecule has 0 saturated heterocycles. The van der Waals surface area contributed by atoms with Gasteiger partial charge in [0, 0.05) is 0 Å². The van der Waals surface area contributed by atoms with Gasteiger partial charge in [0.15, 0.2) is 0 Å². The van der Waals surface area contributed by atoms with Crippen molar-refractivity contribution < 1.29 is 17.6 Å². The van der Waals surface area contributed by atoms with E-state index in [0.29, 0.717) is 17.5 Å². The average Bonchev–Trinajstić information content (AvgIpc) is 2.70. The Morgan fingerprint density at radius 3 is 2.31 bits per heavy atom. The molecular formula is C22H14F4N2O. The van der Waals surface area contributed by atoms with Gasteiger partial charge in [-0.15, -0.1) is 0 Å². The van der Waals surface area contributed by atoms with Crippen LogP contribution in [0.1, 0.15) is 11.1 Å². The SMILES string of the molecule is O=c1c2ccccc2nc(-c2cc(C(F)(F)F)ccc2F)n1Cc1ccccc1. The molecule has 0 unspecified atom stereocenters. The van der Waals surface area contributed by atoms with Crippen LogP contribution in [-0.4, -0.2) is 9.55 Å². The molecular weight excluding hydrogens is 384 g/mol. The first kappa shape index (κ1) is 18.9. The second kappa shape index (κ2) is 7.16. The van der Waals surface area contributed by atoms with Gasteiger partial charge in [-0.05, 0) is 35.9 Å². The fraction of sp³-hybridized carbons (Fsp3) is 0.0909. The number of fused-ring (bicyclic) bond motifs is 1. The Kier molecular flexibility index (Phi) is 4.66. The van der Waals surface area contributed by atoms with Gasteiger partial charge in [-0.3, -0.25) is 9.36 Å². The molecule has 0 aliphatic rings. The molecule has 0 N–H and O–H groups in total. The van der Waals surface area contributed by atoms with Crippen molar-refractivity contribution in [1.29, 1.82) is 0 Å². The predicted octanol–water partition coefficient (Wildman–Crippen LogP) is 5.27. The molecule has 4 rings (SSSR count). The van der Waals surface area contributed by atoms with E-state index in [1.165, 1.54) is 4.57 Å². The maximum Gasteiger partial charge on any atom is 0.416 e. The van der Waals surface area contributed by atoms with Gasteiger partial charge in [0.25, 0.3) is 5.56 Å². The summed E-state index contributed by atoms with van der Waals surface area (Å²) in [5.41, 5.74) is -0.818. The van der Waals surface area contributed by atoms with E-state index in [1.54, 1.807) is 54.6 Å². The molecule has 0 spiro atoms. The van der Waals surface area contributed by atoms with Crippen LogP contribution >= 0.6 is 0 Å². The normalized spacial score (nSPS) is 11.7. The molecule has 1 aromatic heterocycles. The van der Waals surface area contributed by atoms with Gasteiger partial charge in [-0.25, -0.2) is 9.37 Å². The predicted molar refractivity (Wildman–Crippen MR) is 102 cm³/mol. The molecule has 0 aliphatic carbocycles. The molecule has 0 aliphatic heterocycles. The summed E-state index contributed by atoms with van der Waals surface area (Å²) in [5, 5.41) is 0.305. The number of para-hydroxylation sites is 1. The van der Waals surface area contributed by atoms with Crippen molar-refractivity contribution in [2.75, 3.05) is 0 Å². The Hall–Kier alpha value is -3.48. The third-order valence-electron chi connectivity index (χ3n) is 4.58. The van der Waals surface area contributed by atoms with E-state index >= 15 is 0 Å². The van der Waals surface area contributed by atoms with Crippen molar-refractivity contribution in [2.45, 2.75) is 12.7 Å². The summed E-state index contributed by atoms with van der Waals surface area (Å²) in [4.78, 5) is 17.4. The molecule has 1 heterocycles. The van der Waals surface area contributed by atoms with E-state index in [1.807, 2.05) is 0 Å². The first-order chi connectivity index (χ1) is 13.8. The number of nitrogens with zero attached hydrogens (tertiary/aromatic N) is 2. The second-order valence-electron chi connectivity index (χ2n) is 6.52. The second-order valence-corrected chi connectivity index (χ2v) is 6.52. The Balaban J connectivity index is 2.01. The Bertz CT molecular complexity index is 1250. The Morgan fingerprint density at radius 1 is 0.897 bits per heavy atom. The lowest BCUT2D eigenvalue weighted by molar-refractivity contribution is -0.137. The van der Waals surface area contributed by atoms with Crippen LogP contribution in [0.3, 0.4) is 0 Å². The van der Waals surface area contributed by atoms with Gasteiger partial charge in [0.1, 0.15) is 11.6 Å². The monoisotopic (exact) mass is 398 g/mol. The van der Waals surface area contributed by atoms with E-state index in [9.17, 15) is 22.4 Å². The Morgan fingerprint density at radius 2 is 1.59 bits per heavy atom. The lowest BCUT2D eigenvalue weighted by Gasteiger charge is -2.16. The largest absolute Gasteiger partial charge is 0.416 e. The van der Waals surface area contributed by atoms with Gasteiger partial charge in [-0.2, -0.15) is 13.2 Å². The number of aromatic nitrogens is 2.